The van der Waals surface area contributed by atoms with Gasteiger partial charge in [-0.3, -0.25) is 4.79 Å². The van der Waals surface area contributed by atoms with E-state index in [0.29, 0.717) is 24.5 Å². The fourth-order valence-electron chi connectivity index (χ4n) is 3.05. The van der Waals surface area contributed by atoms with Crippen LogP contribution in [-0.4, -0.2) is 46.2 Å². The van der Waals surface area contributed by atoms with Crippen LogP contribution < -0.4 is 14.9 Å². The van der Waals surface area contributed by atoms with Crippen LogP contribution in [0.4, 0.5) is 11.4 Å². The molecule has 1 fully saturated rings. The summed E-state index contributed by atoms with van der Waals surface area (Å²) in [4.78, 5) is 14.9. The van der Waals surface area contributed by atoms with Crippen LogP contribution in [-0.2, 0) is 14.8 Å². The molecule has 0 aliphatic carbocycles. The van der Waals surface area contributed by atoms with E-state index >= 15 is 0 Å². The Labute approximate surface area is 172 Å². The van der Waals surface area contributed by atoms with E-state index in [-0.39, 0.29) is 10.8 Å². The lowest BCUT2D eigenvalue weighted by molar-refractivity contribution is 0.102. The molecule has 1 amide bonds. The molecule has 0 bridgehead atoms. The van der Waals surface area contributed by atoms with E-state index in [1.165, 1.54) is 24.3 Å². The van der Waals surface area contributed by atoms with E-state index in [9.17, 15) is 13.2 Å². The Balaban J connectivity index is 1.70. The molecule has 0 radical (unpaired) electrons. The highest BCUT2D eigenvalue weighted by atomic mass is 32.2. The minimum Gasteiger partial charge on any atom is -0.378 e. The molecule has 1 heterocycles. The third-order valence-corrected chi connectivity index (χ3v) is 6.12. The second-order valence-corrected chi connectivity index (χ2v) is 9.67. The lowest BCUT2D eigenvalue weighted by Gasteiger charge is -2.29. The van der Waals surface area contributed by atoms with Gasteiger partial charge in [0.25, 0.3) is 5.91 Å². The first-order valence-electron chi connectivity index (χ1n) is 9.52. The SMILES string of the molecule is CC(C)(C)NS(=O)(=O)c1ccc(C(=O)Nc2cccc(N3CCOCC3)c2)cc1. The van der Waals surface area contributed by atoms with Crippen molar-refractivity contribution in [2.24, 2.45) is 0 Å². The first-order chi connectivity index (χ1) is 13.6. The van der Waals surface area contributed by atoms with Crippen molar-refractivity contribution in [1.82, 2.24) is 4.72 Å². The van der Waals surface area contributed by atoms with Crippen molar-refractivity contribution in [2.45, 2.75) is 31.2 Å². The quantitative estimate of drug-likeness (QED) is 0.781. The summed E-state index contributed by atoms with van der Waals surface area (Å²) >= 11 is 0. The van der Waals surface area contributed by atoms with Crippen LogP contribution in [0.25, 0.3) is 0 Å². The molecule has 1 saturated heterocycles. The van der Waals surface area contributed by atoms with Crippen LogP contribution in [0.1, 0.15) is 31.1 Å². The number of rotatable bonds is 5. The summed E-state index contributed by atoms with van der Waals surface area (Å²) in [5.74, 6) is -0.295. The van der Waals surface area contributed by atoms with Crippen LogP contribution >= 0.6 is 0 Å². The number of sulfonamides is 1. The van der Waals surface area contributed by atoms with Crippen molar-refractivity contribution in [1.29, 1.82) is 0 Å². The van der Waals surface area contributed by atoms with Gasteiger partial charge in [0.15, 0.2) is 0 Å². The molecule has 0 unspecified atom stereocenters. The van der Waals surface area contributed by atoms with E-state index in [0.717, 1.165) is 18.8 Å². The number of benzene rings is 2. The maximum absolute atomic E-state index is 12.6. The Morgan fingerprint density at radius 2 is 1.69 bits per heavy atom. The van der Waals surface area contributed by atoms with Crippen LogP contribution in [0.15, 0.2) is 53.4 Å². The summed E-state index contributed by atoms with van der Waals surface area (Å²) in [5.41, 5.74) is 1.52. The van der Waals surface area contributed by atoms with Gasteiger partial charge in [0.05, 0.1) is 18.1 Å². The van der Waals surface area contributed by atoms with Gasteiger partial charge in [-0.05, 0) is 63.2 Å². The molecule has 1 aliphatic heterocycles. The Hall–Kier alpha value is -2.42. The first kappa shape index (κ1) is 21.3. The average molecular weight is 418 g/mol. The number of ether oxygens (including phenoxy) is 1. The zero-order valence-electron chi connectivity index (χ0n) is 16.9. The molecule has 156 valence electrons. The van der Waals surface area contributed by atoms with E-state index in [4.69, 9.17) is 4.74 Å². The molecule has 2 aromatic carbocycles. The molecule has 0 spiro atoms. The van der Waals surface area contributed by atoms with Gasteiger partial charge in [-0.25, -0.2) is 13.1 Å². The van der Waals surface area contributed by atoms with Crippen molar-refractivity contribution < 1.29 is 17.9 Å². The average Bonchev–Trinajstić information content (AvgIpc) is 2.67. The van der Waals surface area contributed by atoms with E-state index in [1.54, 1.807) is 20.8 Å². The second-order valence-electron chi connectivity index (χ2n) is 7.98. The summed E-state index contributed by atoms with van der Waals surface area (Å²) in [7, 11) is -3.63. The number of nitrogens with one attached hydrogen (secondary N) is 2. The summed E-state index contributed by atoms with van der Waals surface area (Å²) in [6.45, 7) is 8.34. The van der Waals surface area contributed by atoms with E-state index in [1.807, 2.05) is 24.3 Å². The highest BCUT2D eigenvalue weighted by Crippen LogP contribution is 2.21. The molecule has 1 aliphatic rings. The van der Waals surface area contributed by atoms with Crippen LogP contribution in [0, 0.1) is 0 Å². The normalized spacial score (nSPS) is 15.2. The Bertz CT molecular complexity index is 960. The number of carbonyl (C=O) groups excluding carboxylic acids is 1. The number of anilines is 2. The van der Waals surface area contributed by atoms with Gasteiger partial charge in [0.2, 0.25) is 10.0 Å². The monoisotopic (exact) mass is 417 g/mol. The molecule has 7 nitrogen and oxygen atoms in total. The van der Waals surface area contributed by atoms with Gasteiger partial charge in [-0.1, -0.05) is 6.07 Å². The summed E-state index contributed by atoms with van der Waals surface area (Å²) in [5, 5.41) is 2.87. The predicted molar refractivity (Wildman–Crippen MR) is 114 cm³/mol. The molecule has 0 aromatic heterocycles. The van der Waals surface area contributed by atoms with Crippen molar-refractivity contribution in [3.63, 3.8) is 0 Å². The van der Waals surface area contributed by atoms with Crippen molar-refractivity contribution in [3.8, 4) is 0 Å². The zero-order chi connectivity index (χ0) is 21.1. The zero-order valence-corrected chi connectivity index (χ0v) is 17.8. The van der Waals surface area contributed by atoms with Gasteiger partial charge in [0, 0.05) is 35.6 Å². The Morgan fingerprint density at radius 1 is 1.03 bits per heavy atom. The standard InChI is InChI=1S/C21H27N3O4S/c1-21(2,3)23-29(26,27)19-9-7-16(8-10-19)20(25)22-17-5-4-6-18(15-17)24-11-13-28-14-12-24/h4-10,15,23H,11-14H2,1-3H3,(H,22,25). The molecule has 2 aromatic rings. The molecule has 29 heavy (non-hydrogen) atoms. The number of morpholine rings is 1. The van der Waals surface area contributed by atoms with Gasteiger partial charge in [-0.2, -0.15) is 0 Å². The minimum absolute atomic E-state index is 0.123. The number of carbonyl (C=O) groups is 1. The van der Waals surface area contributed by atoms with Crippen LogP contribution in [0.2, 0.25) is 0 Å². The third-order valence-electron chi connectivity index (χ3n) is 4.35. The summed E-state index contributed by atoms with van der Waals surface area (Å²) in [6, 6.07) is 13.6. The fraction of sp³-hybridized carbons (Fsp3) is 0.381. The van der Waals surface area contributed by atoms with Gasteiger partial charge < -0.3 is 15.0 Å². The van der Waals surface area contributed by atoms with Gasteiger partial charge in [0.1, 0.15) is 0 Å². The van der Waals surface area contributed by atoms with E-state index < -0.39 is 15.6 Å². The van der Waals surface area contributed by atoms with Crippen LogP contribution in [0.5, 0.6) is 0 Å². The first-order valence-corrected chi connectivity index (χ1v) is 11.0. The van der Waals surface area contributed by atoms with E-state index in [2.05, 4.69) is 14.9 Å². The summed E-state index contributed by atoms with van der Waals surface area (Å²) in [6.07, 6.45) is 0. The number of hydrogen-bond donors (Lipinski definition) is 2. The van der Waals surface area contributed by atoms with Crippen molar-refractivity contribution >= 4 is 27.3 Å². The molecule has 0 saturated carbocycles. The smallest absolute Gasteiger partial charge is 0.255 e. The maximum Gasteiger partial charge on any atom is 0.255 e. The van der Waals surface area contributed by atoms with Gasteiger partial charge in [-0.15, -0.1) is 0 Å². The van der Waals surface area contributed by atoms with Gasteiger partial charge >= 0.3 is 0 Å². The second kappa shape index (κ2) is 8.52. The number of nitrogens with zero attached hydrogens (tertiary/aromatic N) is 1. The Morgan fingerprint density at radius 3 is 2.31 bits per heavy atom. The molecule has 0 atom stereocenters. The highest BCUT2D eigenvalue weighted by molar-refractivity contribution is 7.89. The number of amides is 1. The predicted octanol–water partition coefficient (Wildman–Crippen LogP) is 2.85. The molecule has 8 heteroatoms. The highest BCUT2D eigenvalue weighted by Gasteiger charge is 2.22. The molecule has 2 N–H and O–H groups in total. The van der Waals surface area contributed by atoms with Crippen LogP contribution in [0.3, 0.4) is 0 Å². The topological polar surface area (TPSA) is 87.7 Å². The molecule has 3 rings (SSSR count). The lowest BCUT2D eigenvalue weighted by Crippen LogP contribution is -2.40. The number of hydrogen-bond acceptors (Lipinski definition) is 5. The Kier molecular flexibility index (Phi) is 6.26. The summed E-state index contributed by atoms with van der Waals surface area (Å²) < 4.78 is 32.7. The lowest BCUT2D eigenvalue weighted by atomic mass is 10.1. The maximum atomic E-state index is 12.6. The van der Waals surface area contributed by atoms with Crippen molar-refractivity contribution in [3.05, 3.63) is 54.1 Å². The minimum atomic E-state index is -3.63. The van der Waals surface area contributed by atoms with Crippen molar-refractivity contribution in [2.75, 3.05) is 36.5 Å². The largest absolute Gasteiger partial charge is 0.378 e. The fourth-order valence-corrected chi connectivity index (χ4v) is 4.47. The molecular weight excluding hydrogens is 390 g/mol. The molecular formula is C21H27N3O4S. The third kappa shape index (κ3) is 5.79.